The number of hydrogen-bond acceptors (Lipinski definition) is 6. The lowest BCUT2D eigenvalue weighted by Crippen LogP contribution is -2.03. The molecule has 0 aliphatic rings. The van der Waals surface area contributed by atoms with E-state index >= 15 is 0 Å². The summed E-state index contributed by atoms with van der Waals surface area (Å²) in [5.41, 5.74) is 0.0802. The van der Waals surface area contributed by atoms with Gasteiger partial charge in [0.2, 0.25) is 5.82 Å². The van der Waals surface area contributed by atoms with Crippen LogP contribution in [0.5, 0.6) is 0 Å². The maximum atomic E-state index is 14.0. The molecule has 0 fully saturated rings. The number of nitro benzene ring substituents is 2. The second kappa shape index (κ2) is 7.48. The summed E-state index contributed by atoms with van der Waals surface area (Å²) >= 11 is 0. The topological polar surface area (TPSA) is 110 Å². The highest BCUT2D eigenvalue weighted by Crippen LogP contribution is 2.36. The van der Waals surface area contributed by atoms with Crippen LogP contribution in [0.1, 0.15) is 0 Å². The number of anilines is 4. The Morgan fingerprint density at radius 2 is 1.26 bits per heavy atom. The van der Waals surface area contributed by atoms with E-state index in [0.717, 1.165) is 11.8 Å². The first-order valence-corrected chi connectivity index (χ1v) is 7.76. The summed E-state index contributed by atoms with van der Waals surface area (Å²) in [5, 5.41) is 28.0. The largest absolute Gasteiger partial charge is 0.354 e. The Kier molecular flexibility index (Phi) is 4.93. The number of hydrogen-bond donors (Lipinski definition) is 2. The molecule has 0 saturated heterocycles. The Balaban J connectivity index is 1.99. The number of nitro groups is 2. The highest BCUT2D eigenvalue weighted by molar-refractivity contribution is 5.81. The lowest BCUT2D eigenvalue weighted by molar-refractivity contribution is -0.395. The highest BCUT2D eigenvalue weighted by atomic mass is 19.1. The van der Waals surface area contributed by atoms with Crippen molar-refractivity contribution in [1.29, 1.82) is 0 Å². The van der Waals surface area contributed by atoms with E-state index < -0.39 is 27.0 Å². The van der Waals surface area contributed by atoms with Gasteiger partial charge in [-0.1, -0.05) is 30.3 Å². The van der Waals surface area contributed by atoms with Gasteiger partial charge in [-0.05, 0) is 24.3 Å². The molecule has 0 atom stereocenters. The summed E-state index contributed by atoms with van der Waals surface area (Å²) in [5.74, 6) is -1.17. The molecule has 0 bridgehead atoms. The van der Waals surface area contributed by atoms with Gasteiger partial charge in [0.1, 0.15) is 5.69 Å². The Bertz CT molecular complexity index is 1010. The molecule has 0 spiro atoms. The Morgan fingerprint density at radius 1 is 0.704 bits per heavy atom. The smallest absolute Gasteiger partial charge is 0.311 e. The average molecular weight is 368 g/mol. The minimum atomic E-state index is -1.17. The highest BCUT2D eigenvalue weighted by Gasteiger charge is 2.25. The zero-order valence-electron chi connectivity index (χ0n) is 13.8. The third-order valence-corrected chi connectivity index (χ3v) is 3.71. The first-order chi connectivity index (χ1) is 13.0. The molecule has 0 unspecified atom stereocenters. The molecule has 9 heteroatoms. The third kappa shape index (κ3) is 3.98. The molecule has 2 N–H and O–H groups in total. The molecule has 0 aliphatic carbocycles. The molecule has 3 aromatic carbocycles. The van der Waals surface area contributed by atoms with Gasteiger partial charge in [-0.15, -0.1) is 0 Å². The van der Waals surface area contributed by atoms with Crippen LogP contribution in [0.25, 0.3) is 0 Å². The molecule has 0 aliphatic heterocycles. The summed E-state index contributed by atoms with van der Waals surface area (Å²) in [6.07, 6.45) is 0. The predicted molar refractivity (Wildman–Crippen MR) is 99.2 cm³/mol. The van der Waals surface area contributed by atoms with Gasteiger partial charge in [-0.3, -0.25) is 20.2 Å². The molecule has 0 saturated carbocycles. The van der Waals surface area contributed by atoms with E-state index in [2.05, 4.69) is 10.6 Å². The number of benzene rings is 3. The summed E-state index contributed by atoms with van der Waals surface area (Å²) in [6, 6.07) is 17.4. The van der Waals surface area contributed by atoms with Crippen LogP contribution in [0.15, 0.2) is 66.7 Å². The molecule has 0 radical (unpaired) electrons. The molecule has 0 amide bonds. The van der Waals surface area contributed by atoms with Gasteiger partial charge >= 0.3 is 5.69 Å². The van der Waals surface area contributed by atoms with Crippen molar-refractivity contribution >= 4 is 34.1 Å². The minimum absolute atomic E-state index is 0.189. The van der Waals surface area contributed by atoms with E-state index in [1.165, 1.54) is 0 Å². The van der Waals surface area contributed by atoms with Crippen LogP contribution in [0.4, 0.5) is 38.5 Å². The fraction of sp³-hybridized carbons (Fsp3) is 0. The first-order valence-electron chi connectivity index (χ1n) is 7.76. The van der Waals surface area contributed by atoms with Crippen molar-refractivity contribution in [2.24, 2.45) is 0 Å². The molecule has 8 nitrogen and oxygen atoms in total. The number of para-hydroxylation sites is 3. The molecule has 3 rings (SSSR count). The molecule has 27 heavy (non-hydrogen) atoms. The molecule has 136 valence electrons. The van der Waals surface area contributed by atoms with Crippen molar-refractivity contribution < 1.29 is 14.2 Å². The van der Waals surface area contributed by atoms with Crippen LogP contribution >= 0.6 is 0 Å². The van der Waals surface area contributed by atoms with Crippen molar-refractivity contribution in [1.82, 2.24) is 0 Å². The summed E-state index contributed by atoms with van der Waals surface area (Å²) < 4.78 is 14.0. The normalized spacial score (nSPS) is 10.3. The number of halogens is 1. The van der Waals surface area contributed by atoms with E-state index in [4.69, 9.17) is 0 Å². The summed E-state index contributed by atoms with van der Waals surface area (Å²) in [4.78, 5) is 20.3. The minimum Gasteiger partial charge on any atom is -0.354 e. The van der Waals surface area contributed by atoms with Crippen LogP contribution in [-0.4, -0.2) is 9.85 Å². The van der Waals surface area contributed by atoms with E-state index in [9.17, 15) is 24.6 Å². The quantitative estimate of drug-likeness (QED) is 0.461. The Hall–Kier alpha value is -4.01. The van der Waals surface area contributed by atoms with Crippen molar-refractivity contribution in [3.05, 3.63) is 92.8 Å². The maximum absolute atomic E-state index is 14.0. The van der Waals surface area contributed by atoms with E-state index in [1.54, 1.807) is 24.3 Å². The maximum Gasteiger partial charge on any atom is 0.311 e. The van der Waals surface area contributed by atoms with Gasteiger partial charge in [0.05, 0.1) is 27.3 Å². The predicted octanol–water partition coefficient (Wildman–Crippen LogP) is 5.13. The third-order valence-electron chi connectivity index (χ3n) is 3.71. The van der Waals surface area contributed by atoms with Crippen LogP contribution in [0.3, 0.4) is 0 Å². The lowest BCUT2D eigenvalue weighted by atomic mass is 10.2. The van der Waals surface area contributed by atoms with Crippen molar-refractivity contribution in [3.8, 4) is 0 Å². The molecule has 3 aromatic rings. The van der Waals surface area contributed by atoms with Gasteiger partial charge in [-0.25, -0.2) is 0 Å². The van der Waals surface area contributed by atoms with Gasteiger partial charge in [0.25, 0.3) is 5.69 Å². The average Bonchev–Trinajstić information content (AvgIpc) is 2.64. The lowest BCUT2D eigenvalue weighted by Gasteiger charge is -2.14. The molecular weight excluding hydrogens is 355 g/mol. The summed E-state index contributed by atoms with van der Waals surface area (Å²) in [7, 11) is 0. The fourth-order valence-corrected chi connectivity index (χ4v) is 2.47. The monoisotopic (exact) mass is 368 g/mol. The zero-order valence-corrected chi connectivity index (χ0v) is 13.8. The number of nitrogens with one attached hydrogen (secondary N) is 2. The van der Waals surface area contributed by atoms with Gasteiger partial charge in [0.15, 0.2) is 0 Å². The fourth-order valence-electron chi connectivity index (χ4n) is 2.47. The second-order valence-corrected chi connectivity index (χ2v) is 5.50. The molecule has 0 heterocycles. The van der Waals surface area contributed by atoms with Gasteiger partial charge in [-0.2, -0.15) is 4.39 Å². The number of rotatable bonds is 6. The van der Waals surface area contributed by atoms with E-state index in [0.29, 0.717) is 17.4 Å². The molecular formula is C18H13FN4O4. The standard InChI is InChI=1S/C18H13FN4O4/c19-13-10-16(18(23(26)27)11-17(13)22(24)25)21-15-9-5-4-8-14(15)20-12-6-2-1-3-7-12/h1-11,20-21H. The van der Waals surface area contributed by atoms with Crippen LogP contribution in [0, 0.1) is 26.0 Å². The van der Waals surface area contributed by atoms with E-state index in [1.807, 2.05) is 30.3 Å². The zero-order chi connectivity index (χ0) is 19.4. The van der Waals surface area contributed by atoms with Crippen LogP contribution in [-0.2, 0) is 0 Å². The number of nitrogens with zero attached hydrogens (tertiary/aromatic N) is 2. The Morgan fingerprint density at radius 3 is 1.85 bits per heavy atom. The van der Waals surface area contributed by atoms with Crippen LogP contribution < -0.4 is 10.6 Å². The summed E-state index contributed by atoms with van der Waals surface area (Å²) in [6.45, 7) is 0. The van der Waals surface area contributed by atoms with Crippen LogP contribution in [0.2, 0.25) is 0 Å². The first kappa shape index (κ1) is 17.8. The van der Waals surface area contributed by atoms with Gasteiger partial charge < -0.3 is 10.6 Å². The molecule has 0 aromatic heterocycles. The second-order valence-electron chi connectivity index (χ2n) is 5.50. The van der Waals surface area contributed by atoms with Gasteiger partial charge in [0, 0.05) is 11.8 Å². The Labute approximate surface area is 152 Å². The van der Waals surface area contributed by atoms with Crippen molar-refractivity contribution in [3.63, 3.8) is 0 Å². The SMILES string of the molecule is O=[N+]([O-])c1cc([N+](=O)[O-])c(Nc2ccccc2Nc2ccccc2)cc1F. The van der Waals surface area contributed by atoms with Crippen molar-refractivity contribution in [2.45, 2.75) is 0 Å². The van der Waals surface area contributed by atoms with E-state index in [-0.39, 0.29) is 5.69 Å². The van der Waals surface area contributed by atoms with Crippen molar-refractivity contribution in [2.75, 3.05) is 10.6 Å².